The fraction of sp³-hybridized carbons (Fsp3) is 0.667. The molecule has 2 N–H and O–H groups in total. The molecule has 2 heterocycles. The van der Waals surface area contributed by atoms with Crippen LogP contribution in [0.4, 0.5) is 0 Å². The molecule has 0 spiro atoms. The number of piperidine rings is 1. The molecule has 1 amide bonds. The van der Waals surface area contributed by atoms with E-state index in [0.29, 0.717) is 5.69 Å². The zero-order chi connectivity index (χ0) is 12.4. The molecule has 1 aliphatic heterocycles. The highest BCUT2D eigenvalue weighted by Gasteiger charge is 2.30. The molecule has 1 aliphatic rings. The molecule has 94 valence electrons. The molecule has 2 atom stereocenters. The first-order chi connectivity index (χ1) is 8.11. The fourth-order valence-corrected chi connectivity index (χ4v) is 2.49. The summed E-state index contributed by atoms with van der Waals surface area (Å²) >= 11 is 0. The number of carbonyl (C=O) groups excluding carboxylic acids is 1. The first kappa shape index (κ1) is 12.1. The van der Waals surface area contributed by atoms with Gasteiger partial charge in [-0.05, 0) is 32.3 Å². The van der Waals surface area contributed by atoms with Crippen molar-refractivity contribution in [2.45, 2.75) is 38.3 Å². The normalized spacial score (nSPS) is 22.5. The number of nitrogens with two attached hydrogens (primary N) is 1. The van der Waals surface area contributed by atoms with Gasteiger partial charge in [-0.15, -0.1) is 0 Å². The molecule has 0 aromatic carbocycles. The predicted octanol–water partition coefficient (Wildman–Crippen LogP) is 0.762. The van der Waals surface area contributed by atoms with Crippen LogP contribution in [0.5, 0.6) is 0 Å². The molecule has 5 nitrogen and oxygen atoms in total. The van der Waals surface area contributed by atoms with Crippen molar-refractivity contribution in [3.05, 3.63) is 18.0 Å². The Bertz CT molecular complexity index is 399. The van der Waals surface area contributed by atoms with Crippen LogP contribution in [0.2, 0.25) is 0 Å². The van der Waals surface area contributed by atoms with Gasteiger partial charge in [0.15, 0.2) is 0 Å². The predicted molar refractivity (Wildman–Crippen MR) is 65.5 cm³/mol. The zero-order valence-electron chi connectivity index (χ0n) is 10.5. The highest BCUT2D eigenvalue weighted by Crippen LogP contribution is 2.21. The van der Waals surface area contributed by atoms with E-state index in [-0.39, 0.29) is 18.0 Å². The largest absolute Gasteiger partial charge is 0.333 e. The van der Waals surface area contributed by atoms with Crippen LogP contribution in [0.1, 0.15) is 36.7 Å². The minimum atomic E-state index is 0.0208. The molecule has 0 bridgehead atoms. The highest BCUT2D eigenvalue weighted by molar-refractivity contribution is 5.92. The van der Waals surface area contributed by atoms with Crippen molar-refractivity contribution >= 4 is 5.91 Å². The lowest BCUT2D eigenvalue weighted by molar-refractivity contribution is 0.0572. The van der Waals surface area contributed by atoms with E-state index in [1.165, 1.54) is 0 Å². The zero-order valence-corrected chi connectivity index (χ0v) is 10.5. The Kier molecular flexibility index (Phi) is 3.47. The van der Waals surface area contributed by atoms with Crippen molar-refractivity contribution in [1.29, 1.82) is 0 Å². The van der Waals surface area contributed by atoms with Gasteiger partial charge in [-0.2, -0.15) is 5.10 Å². The Labute approximate surface area is 102 Å². The van der Waals surface area contributed by atoms with Gasteiger partial charge in [0.1, 0.15) is 5.69 Å². The second-order valence-corrected chi connectivity index (χ2v) is 4.76. The third-order valence-electron chi connectivity index (χ3n) is 3.46. The second kappa shape index (κ2) is 4.87. The number of likely N-dealkylation sites (tertiary alicyclic amines) is 1. The second-order valence-electron chi connectivity index (χ2n) is 4.76. The highest BCUT2D eigenvalue weighted by atomic mass is 16.2. The summed E-state index contributed by atoms with van der Waals surface area (Å²) in [7, 11) is 1.79. The number of aromatic nitrogens is 2. The van der Waals surface area contributed by atoms with E-state index < -0.39 is 0 Å². The van der Waals surface area contributed by atoms with Gasteiger partial charge < -0.3 is 10.6 Å². The summed E-state index contributed by atoms with van der Waals surface area (Å²) < 4.78 is 1.62. The molecular weight excluding hydrogens is 216 g/mol. The topological polar surface area (TPSA) is 64.2 Å². The minimum absolute atomic E-state index is 0.0208. The van der Waals surface area contributed by atoms with Gasteiger partial charge in [0.2, 0.25) is 0 Å². The van der Waals surface area contributed by atoms with Gasteiger partial charge in [0, 0.05) is 31.9 Å². The van der Waals surface area contributed by atoms with Crippen molar-refractivity contribution in [3.63, 3.8) is 0 Å². The van der Waals surface area contributed by atoms with E-state index in [1.54, 1.807) is 24.0 Å². The van der Waals surface area contributed by atoms with Crippen LogP contribution in [0, 0.1) is 0 Å². The standard InChI is InChI=1S/C12H20N4O/c1-9(13)10-5-3-4-8-16(10)12(17)11-6-7-14-15(11)2/h6-7,9-10H,3-5,8,13H2,1-2H3. The summed E-state index contributed by atoms with van der Waals surface area (Å²) in [5, 5.41) is 4.04. The lowest BCUT2D eigenvalue weighted by Gasteiger charge is -2.37. The Morgan fingerprint density at radius 3 is 2.94 bits per heavy atom. The Balaban J connectivity index is 2.20. The summed E-state index contributed by atoms with van der Waals surface area (Å²) in [6, 6.07) is 1.94. The number of carbonyl (C=O) groups is 1. The molecule has 1 aromatic rings. The van der Waals surface area contributed by atoms with Crippen LogP contribution in [0.25, 0.3) is 0 Å². The number of hydrogen-bond acceptors (Lipinski definition) is 3. The maximum atomic E-state index is 12.4. The molecular formula is C12H20N4O. The van der Waals surface area contributed by atoms with Gasteiger partial charge in [0.25, 0.3) is 5.91 Å². The maximum Gasteiger partial charge on any atom is 0.272 e. The van der Waals surface area contributed by atoms with Crippen LogP contribution in [0.3, 0.4) is 0 Å². The van der Waals surface area contributed by atoms with E-state index >= 15 is 0 Å². The number of rotatable bonds is 2. The van der Waals surface area contributed by atoms with Crippen molar-refractivity contribution in [2.24, 2.45) is 12.8 Å². The molecule has 1 saturated heterocycles. The number of nitrogens with zero attached hydrogens (tertiary/aromatic N) is 3. The summed E-state index contributed by atoms with van der Waals surface area (Å²) in [4.78, 5) is 14.3. The fourth-order valence-electron chi connectivity index (χ4n) is 2.49. The lowest BCUT2D eigenvalue weighted by Crippen LogP contribution is -2.52. The average Bonchev–Trinajstić information content (AvgIpc) is 2.74. The SMILES string of the molecule is CC(N)C1CCCCN1C(=O)c1ccnn1C. The van der Waals surface area contributed by atoms with Crippen LogP contribution < -0.4 is 5.73 Å². The number of hydrogen-bond donors (Lipinski definition) is 1. The molecule has 17 heavy (non-hydrogen) atoms. The van der Waals surface area contributed by atoms with Gasteiger partial charge in [-0.3, -0.25) is 9.48 Å². The van der Waals surface area contributed by atoms with Crippen LogP contribution in [0.15, 0.2) is 12.3 Å². The monoisotopic (exact) mass is 236 g/mol. The minimum Gasteiger partial charge on any atom is -0.333 e. The first-order valence-corrected chi connectivity index (χ1v) is 6.16. The van der Waals surface area contributed by atoms with Gasteiger partial charge in [-0.25, -0.2) is 0 Å². The summed E-state index contributed by atoms with van der Waals surface area (Å²) in [5.74, 6) is 0.0481. The van der Waals surface area contributed by atoms with E-state index in [1.807, 2.05) is 11.8 Å². The van der Waals surface area contributed by atoms with Gasteiger partial charge >= 0.3 is 0 Å². The average molecular weight is 236 g/mol. The molecule has 5 heteroatoms. The van der Waals surface area contributed by atoms with Crippen molar-refractivity contribution in [3.8, 4) is 0 Å². The third-order valence-corrected chi connectivity index (χ3v) is 3.46. The van der Waals surface area contributed by atoms with Crippen LogP contribution >= 0.6 is 0 Å². The summed E-state index contributed by atoms with van der Waals surface area (Å²) in [6.45, 7) is 2.77. The number of aryl methyl sites for hydroxylation is 1. The smallest absolute Gasteiger partial charge is 0.272 e. The summed E-state index contributed by atoms with van der Waals surface area (Å²) in [6.07, 6.45) is 4.87. The number of amides is 1. The van der Waals surface area contributed by atoms with E-state index in [4.69, 9.17) is 5.73 Å². The van der Waals surface area contributed by atoms with E-state index in [2.05, 4.69) is 5.10 Å². The molecule has 1 aromatic heterocycles. The Hall–Kier alpha value is -1.36. The molecule has 0 aliphatic carbocycles. The quantitative estimate of drug-likeness (QED) is 0.824. The van der Waals surface area contributed by atoms with Crippen molar-refractivity contribution in [2.75, 3.05) is 6.54 Å². The van der Waals surface area contributed by atoms with Gasteiger partial charge in [0.05, 0.1) is 0 Å². The Morgan fingerprint density at radius 2 is 2.35 bits per heavy atom. The first-order valence-electron chi connectivity index (χ1n) is 6.16. The van der Waals surface area contributed by atoms with Crippen molar-refractivity contribution < 1.29 is 4.79 Å². The van der Waals surface area contributed by atoms with Crippen LogP contribution in [-0.2, 0) is 7.05 Å². The van der Waals surface area contributed by atoms with Gasteiger partial charge in [-0.1, -0.05) is 0 Å². The van der Waals surface area contributed by atoms with E-state index in [9.17, 15) is 4.79 Å². The van der Waals surface area contributed by atoms with E-state index in [0.717, 1.165) is 25.8 Å². The molecule has 0 radical (unpaired) electrons. The Morgan fingerprint density at radius 1 is 1.59 bits per heavy atom. The maximum absolute atomic E-state index is 12.4. The molecule has 2 unspecified atom stereocenters. The summed E-state index contributed by atoms with van der Waals surface area (Å²) in [5.41, 5.74) is 6.61. The molecule has 1 fully saturated rings. The molecule has 0 saturated carbocycles. The van der Waals surface area contributed by atoms with Crippen molar-refractivity contribution in [1.82, 2.24) is 14.7 Å². The molecule has 2 rings (SSSR count). The van der Waals surface area contributed by atoms with Crippen LogP contribution in [-0.4, -0.2) is 39.2 Å². The third kappa shape index (κ3) is 2.34. The lowest BCUT2D eigenvalue weighted by atomic mass is 9.96.